The lowest BCUT2D eigenvalue weighted by Crippen LogP contribution is -2.33. The monoisotopic (exact) mass is 356 g/mol. The van der Waals surface area contributed by atoms with E-state index in [2.05, 4.69) is 37.5 Å². The SMILES string of the molecule is COc1ccc(OCCNC(=O)CNc2ccccc2C(C)(C)C)cc1. The molecule has 0 heterocycles. The van der Waals surface area contributed by atoms with Crippen molar-refractivity contribution in [3.63, 3.8) is 0 Å². The molecule has 0 aliphatic carbocycles. The van der Waals surface area contributed by atoms with Crippen LogP contribution < -0.4 is 20.1 Å². The van der Waals surface area contributed by atoms with E-state index in [1.54, 1.807) is 7.11 Å². The van der Waals surface area contributed by atoms with Crippen LogP contribution >= 0.6 is 0 Å². The molecule has 0 spiro atoms. The van der Waals surface area contributed by atoms with E-state index in [-0.39, 0.29) is 17.9 Å². The molecule has 0 saturated carbocycles. The number of benzene rings is 2. The Morgan fingerprint density at radius 1 is 1.00 bits per heavy atom. The second-order valence-corrected chi connectivity index (χ2v) is 7.02. The first kappa shape index (κ1) is 19.6. The number of methoxy groups -OCH3 is 1. The van der Waals surface area contributed by atoms with Gasteiger partial charge < -0.3 is 20.1 Å². The predicted octanol–water partition coefficient (Wildman–Crippen LogP) is 3.60. The quantitative estimate of drug-likeness (QED) is 0.710. The minimum atomic E-state index is -0.0629. The van der Waals surface area contributed by atoms with Gasteiger partial charge in [-0.05, 0) is 41.3 Å². The largest absolute Gasteiger partial charge is 0.497 e. The summed E-state index contributed by atoms with van der Waals surface area (Å²) in [5.74, 6) is 1.47. The number of amides is 1. The van der Waals surface area contributed by atoms with E-state index >= 15 is 0 Å². The van der Waals surface area contributed by atoms with Crippen molar-refractivity contribution in [1.82, 2.24) is 5.32 Å². The Balaban J connectivity index is 1.72. The van der Waals surface area contributed by atoms with Crippen LogP contribution in [0.15, 0.2) is 48.5 Å². The first-order valence-corrected chi connectivity index (χ1v) is 8.77. The van der Waals surface area contributed by atoms with Crippen LogP contribution in [0.4, 0.5) is 5.69 Å². The molecule has 140 valence electrons. The third-order valence-electron chi connectivity index (χ3n) is 3.93. The summed E-state index contributed by atoms with van der Waals surface area (Å²) in [4.78, 5) is 12.0. The summed E-state index contributed by atoms with van der Waals surface area (Å²) in [6.07, 6.45) is 0. The van der Waals surface area contributed by atoms with Gasteiger partial charge in [-0.15, -0.1) is 0 Å². The van der Waals surface area contributed by atoms with Crippen LogP contribution in [-0.2, 0) is 10.2 Å². The van der Waals surface area contributed by atoms with Gasteiger partial charge in [0.2, 0.25) is 5.91 Å². The number of hydrogen-bond acceptors (Lipinski definition) is 4. The Hall–Kier alpha value is -2.69. The number of ether oxygens (including phenoxy) is 2. The van der Waals surface area contributed by atoms with Crippen LogP contribution in [0.2, 0.25) is 0 Å². The molecular formula is C21H28N2O3. The maximum absolute atomic E-state index is 12.0. The van der Waals surface area contributed by atoms with E-state index in [0.29, 0.717) is 13.2 Å². The number of carbonyl (C=O) groups excluding carboxylic acids is 1. The van der Waals surface area contributed by atoms with Gasteiger partial charge in [0.1, 0.15) is 18.1 Å². The van der Waals surface area contributed by atoms with E-state index < -0.39 is 0 Å². The normalized spacial score (nSPS) is 10.9. The minimum Gasteiger partial charge on any atom is -0.497 e. The number of para-hydroxylation sites is 1. The van der Waals surface area contributed by atoms with Gasteiger partial charge in [-0.25, -0.2) is 0 Å². The third kappa shape index (κ3) is 5.99. The zero-order valence-corrected chi connectivity index (χ0v) is 16.0. The highest BCUT2D eigenvalue weighted by Gasteiger charge is 2.17. The second kappa shape index (κ2) is 9.13. The van der Waals surface area contributed by atoms with E-state index in [1.165, 1.54) is 5.56 Å². The molecule has 26 heavy (non-hydrogen) atoms. The van der Waals surface area contributed by atoms with Crippen LogP contribution in [0.5, 0.6) is 11.5 Å². The van der Waals surface area contributed by atoms with Crippen molar-refractivity contribution in [3.05, 3.63) is 54.1 Å². The Labute approximate surface area is 155 Å². The number of hydrogen-bond donors (Lipinski definition) is 2. The molecule has 0 fully saturated rings. The first-order valence-electron chi connectivity index (χ1n) is 8.77. The molecule has 2 rings (SSSR count). The Morgan fingerprint density at radius 3 is 2.31 bits per heavy atom. The molecule has 0 aliphatic heterocycles. The topological polar surface area (TPSA) is 59.6 Å². The minimum absolute atomic E-state index is 0.0201. The Bertz CT molecular complexity index is 706. The lowest BCUT2D eigenvalue weighted by molar-refractivity contribution is -0.119. The molecule has 2 aromatic carbocycles. The Morgan fingerprint density at radius 2 is 1.65 bits per heavy atom. The van der Waals surface area contributed by atoms with Gasteiger partial charge >= 0.3 is 0 Å². The predicted molar refractivity (Wildman–Crippen MR) is 105 cm³/mol. The van der Waals surface area contributed by atoms with Crippen molar-refractivity contribution < 1.29 is 14.3 Å². The molecular weight excluding hydrogens is 328 g/mol. The molecule has 0 saturated heterocycles. The van der Waals surface area contributed by atoms with Crippen LogP contribution in [0, 0.1) is 0 Å². The van der Waals surface area contributed by atoms with Crippen LogP contribution in [0.1, 0.15) is 26.3 Å². The van der Waals surface area contributed by atoms with Crippen molar-refractivity contribution in [2.45, 2.75) is 26.2 Å². The molecule has 0 atom stereocenters. The van der Waals surface area contributed by atoms with Gasteiger partial charge in [-0.3, -0.25) is 4.79 Å². The summed E-state index contributed by atoms with van der Waals surface area (Å²) in [7, 11) is 1.62. The number of carbonyl (C=O) groups is 1. The molecule has 0 aromatic heterocycles. The van der Waals surface area contributed by atoms with Crippen LogP contribution in [-0.4, -0.2) is 32.7 Å². The standard InChI is InChI=1S/C21H28N2O3/c1-21(2,3)18-7-5-6-8-19(18)23-15-20(24)22-13-14-26-17-11-9-16(25-4)10-12-17/h5-12,23H,13-15H2,1-4H3,(H,22,24). The molecule has 0 bridgehead atoms. The summed E-state index contributed by atoms with van der Waals surface area (Å²) in [6, 6.07) is 15.4. The molecule has 0 unspecified atom stereocenters. The second-order valence-electron chi connectivity index (χ2n) is 7.02. The fourth-order valence-corrected chi connectivity index (χ4v) is 2.56. The molecule has 5 nitrogen and oxygen atoms in total. The van der Waals surface area contributed by atoms with Gasteiger partial charge in [-0.1, -0.05) is 39.0 Å². The zero-order valence-electron chi connectivity index (χ0n) is 16.0. The molecule has 1 amide bonds. The highest BCUT2D eigenvalue weighted by atomic mass is 16.5. The first-order chi connectivity index (χ1) is 12.4. The van der Waals surface area contributed by atoms with E-state index in [4.69, 9.17) is 9.47 Å². The van der Waals surface area contributed by atoms with Crippen molar-refractivity contribution in [2.75, 3.05) is 32.1 Å². The maximum atomic E-state index is 12.0. The van der Waals surface area contributed by atoms with Gasteiger partial charge in [0.25, 0.3) is 0 Å². The average Bonchev–Trinajstić information content (AvgIpc) is 2.63. The van der Waals surface area contributed by atoms with Gasteiger partial charge in [0.15, 0.2) is 0 Å². The summed E-state index contributed by atoms with van der Waals surface area (Å²) in [5.41, 5.74) is 2.20. The van der Waals surface area contributed by atoms with Gasteiger partial charge in [0.05, 0.1) is 20.2 Å². The van der Waals surface area contributed by atoms with Gasteiger partial charge in [-0.2, -0.15) is 0 Å². The van der Waals surface area contributed by atoms with Crippen molar-refractivity contribution >= 4 is 11.6 Å². The Kier molecular flexibility index (Phi) is 6.89. The van der Waals surface area contributed by atoms with Crippen LogP contribution in [0.25, 0.3) is 0 Å². The van der Waals surface area contributed by atoms with E-state index in [0.717, 1.165) is 17.2 Å². The summed E-state index contributed by atoms with van der Waals surface area (Å²) < 4.78 is 10.7. The molecule has 0 radical (unpaired) electrons. The summed E-state index contributed by atoms with van der Waals surface area (Å²) in [5, 5.41) is 6.08. The van der Waals surface area contributed by atoms with E-state index in [9.17, 15) is 4.79 Å². The lowest BCUT2D eigenvalue weighted by atomic mass is 9.86. The number of nitrogens with one attached hydrogen (secondary N) is 2. The number of rotatable bonds is 8. The number of anilines is 1. The lowest BCUT2D eigenvalue weighted by Gasteiger charge is -2.23. The third-order valence-corrected chi connectivity index (χ3v) is 3.93. The maximum Gasteiger partial charge on any atom is 0.239 e. The summed E-state index contributed by atoms with van der Waals surface area (Å²) in [6.45, 7) is 7.57. The molecule has 2 N–H and O–H groups in total. The highest BCUT2D eigenvalue weighted by Crippen LogP contribution is 2.28. The smallest absolute Gasteiger partial charge is 0.239 e. The molecule has 5 heteroatoms. The van der Waals surface area contributed by atoms with Crippen LogP contribution in [0.3, 0.4) is 0 Å². The zero-order chi connectivity index (χ0) is 19.0. The molecule has 0 aliphatic rings. The van der Waals surface area contributed by atoms with Crippen molar-refractivity contribution in [2.24, 2.45) is 0 Å². The van der Waals surface area contributed by atoms with E-state index in [1.807, 2.05) is 42.5 Å². The summed E-state index contributed by atoms with van der Waals surface area (Å²) >= 11 is 0. The van der Waals surface area contributed by atoms with Crippen molar-refractivity contribution in [1.29, 1.82) is 0 Å². The fraction of sp³-hybridized carbons (Fsp3) is 0.381. The van der Waals surface area contributed by atoms with Gasteiger partial charge in [0, 0.05) is 5.69 Å². The average molecular weight is 356 g/mol. The highest BCUT2D eigenvalue weighted by molar-refractivity contribution is 5.81. The van der Waals surface area contributed by atoms with Crippen molar-refractivity contribution in [3.8, 4) is 11.5 Å². The fourth-order valence-electron chi connectivity index (χ4n) is 2.56. The molecule has 2 aromatic rings.